The van der Waals surface area contributed by atoms with E-state index < -0.39 is 4.92 Å². The van der Waals surface area contributed by atoms with E-state index in [1.165, 1.54) is 62.4 Å². The molecule has 0 aliphatic heterocycles. The first-order valence-electron chi connectivity index (χ1n) is 7.77. The van der Waals surface area contributed by atoms with Crippen LogP contribution in [0.5, 0.6) is 17.2 Å². The van der Waals surface area contributed by atoms with E-state index in [4.69, 9.17) is 21.1 Å². The monoisotopic (exact) mass is 392 g/mol. The molecule has 2 aromatic rings. The van der Waals surface area contributed by atoms with Gasteiger partial charge in [0.05, 0.1) is 18.6 Å². The minimum Gasteiger partial charge on any atom is -0.493 e. The maximum atomic E-state index is 12.4. The average molecular weight is 393 g/mol. The van der Waals surface area contributed by atoms with Gasteiger partial charge in [-0.2, -0.15) is 0 Å². The van der Waals surface area contributed by atoms with E-state index in [0.29, 0.717) is 0 Å². The molecule has 0 spiro atoms. The number of carbonyl (C=O) groups excluding carboxylic acids is 2. The summed E-state index contributed by atoms with van der Waals surface area (Å²) in [5, 5.41) is 11.4. The van der Waals surface area contributed by atoms with Crippen molar-refractivity contribution in [2.45, 2.75) is 6.92 Å². The van der Waals surface area contributed by atoms with E-state index in [1.54, 1.807) is 0 Å². The molecule has 1 amide bonds. The van der Waals surface area contributed by atoms with Crippen LogP contribution in [-0.4, -0.2) is 42.2 Å². The largest absolute Gasteiger partial charge is 0.493 e. The Morgan fingerprint density at radius 3 is 2.41 bits per heavy atom. The van der Waals surface area contributed by atoms with Crippen LogP contribution in [0.3, 0.4) is 0 Å². The van der Waals surface area contributed by atoms with Crippen LogP contribution in [0, 0.1) is 10.1 Å². The van der Waals surface area contributed by atoms with E-state index >= 15 is 0 Å². The number of carbonyl (C=O) groups is 2. The molecule has 0 bridgehead atoms. The fourth-order valence-corrected chi connectivity index (χ4v) is 2.52. The standard InChI is InChI=1S/C18H17ClN2O6/c1-11(22)10-20(2)18(23)12-4-6-16(17(8-12)26-3)27-15-7-5-13(19)9-14(15)21(24)25/h4-9H,10H2,1-3H3. The quantitative estimate of drug-likeness (QED) is 0.526. The number of hydrogen-bond donors (Lipinski definition) is 0. The maximum absolute atomic E-state index is 12.4. The predicted octanol–water partition coefficient (Wildman–Crippen LogP) is 3.71. The normalized spacial score (nSPS) is 10.2. The van der Waals surface area contributed by atoms with Crippen molar-refractivity contribution in [2.75, 3.05) is 20.7 Å². The van der Waals surface area contributed by atoms with Crippen molar-refractivity contribution in [2.24, 2.45) is 0 Å². The third-order valence-corrected chi connectivity index (χ3v) is 3.79. The molecule has 0 atom stereocenters. The number of Topliss-reactive ketones (excluding diaryl/α,β-unsaturated/α-hetero) is 1. The van der Waals surface area contributed by atoms with Gasteiger partial charge >= 0.3 is 5.69 Å². The second-order valence-electron chi connectivity index (χ2n) is 5.70. The van der Waals surface area contributed by atoms with Crippen LogP contribution in [0.1, 0.15) is 17.3 Å². The first-order valence-corrected chi connectivity index (χ1v) is 8.15. The Bertz CT molecular complexity index is 899. The minimum absolute atomic E-state index is 0.0175. The molecule has 9 heteroatoms. The highest BCUT2D eigenvalue weighted by Crippen LogP contribution is 2.38. The topological polar surface area (TPSA) is 99.0 Å². The highest BCUT2D eigenvalue weighted by atomic mass is 35.5. The number of nitro benzene ring substituents is 1. The molecule has 0 fully saturated rings. The number of ether oxygens (including phenoxy) is 2. The Labute approximate surface area is 160 Å². The lowest BCUT2D eigenvalue weighted by molar-refractivity contribution is -0.385. The lowest BCUT2D eigenvalue weighted by Crippen LogP contribution is -2.31. The van der Waals surface area contributed by atoms with Crippen molar-refractivity contribution < 1.29 is 24.0 Å². The van der Waals surface area contributed by atoms with Crippen LogP contribution < -0.4 is 9.47 Å². The smallest absolute Gasteiger partial charge is 0.313 e. The molecule has 27 heavy (non-hydrogen) atoms. The van der Waals surface area contributed by atoms with E-state index in [1.807, 2.05) is 0 Å². The van der Waals surface area contributed by atoms with Crippen molar-refractivity contribution >= 4 is 29.0 Å². The van der Waals surface area contributed by atoms with Crippen molar-refractivity contribution in [3.63, 3.8) is 0 Å². The summed E-state index contributed by atoms with van der Waals surface area (Å²) in [4.78, 5) is 35.4. The van der Waals surface area contributed by atoms with Crippen LogP contribution in [-0.2, 0) is 4.79 Å². The number of nitrogens with zero attached hydrogens (tertiary/aromatic N) is 2. The molecular weight excluding hydrogens is 376 g/mol. The number of rotatable bonds is 7. The summed E-state index contributed by atoms with van der Waals surface area (Å²) in [6.07, 6.45) is 0. The highest BCUT2D eigenvalue weighted by molar-refractivity contribution is 6.30. The zero-order valence-electron chi connectivity index (χ0n) is 14.9. The molecule has 0 saturated heterocycles. The number of hydrogen-bond acceptors (Lipinski definition) is 6. The molecule has 0 aliphatic rings. The van der Waals surface area contributed by atoms with Crippen LogP contribution in [0.15, 0.2) is 36.4 Å². The molecule has 0 heterocycles. The predicted molar refractivity (Wildman–Crippen MR) is 98.8 cm³/mol. The maximum Gasteiger partial charge on any atom is 0.313 e. The van der Waals surface area contributed by atoms with Gasteiger partial charge in [0.1, 0.15) is 5.78 Å². The lowest BCUT2D eigenvalue weighted by atomic mass is 10.1. The van der Waals surface area contributed by atoms with Gasteiger partial charge in [-0.05, 0) is 37.3 Å². The molecule has 142 valence electrons. The summed E-state index contributed by atoms with van der Waals surface area (Å²) in [5.74, 6) is -0.133. The van der Waals surface area contributed by atoms with Crippen LogP contribution in [0.2, 0.25) is 5.02 Å². The number of ketones is 1. The molecule has 0 saturated carbocycles. The third kappa shape index (κ3) is 4.95. The van der Waals surface area contributed by atoms with E-state index in [9.17, 15) is 19.7 Å². The molecule has 2 aromatic carbocycles. The third-order valence-electron chi connectivity index (χ3n) is 3.55. The number of likely N-dealkylation sites (N-methyl/N-ethyl adjacent to an activating group) is 1. The average Bonchev–Trinajstić information content (AvgIpc) is 2.62. The van der Waals surface area contributed by atoms with Crippen molar-refractivity contribution in [1.82, 2.24) is 4.90 Å². The second kappa shape index (κ2) is 8.50. The summed E-state index contributed by atoms with van der Waals surface area (Å²) in [7, 11) is 2.89. The van der Waals surface area contributed by atoms with Crippen LogP contribution >= 0.6 is 11.6 Å². The summed E-state index contributed by atoms with van der Waals surface area (Å²) in [6.45, 7) is 1.37. The van der Waals surface area contributed by atoms with Gasteiger partial charge < -0.3 is 14.4 Å². The summed E-state index contributed by atoms with van der Waals surface area (Å²) >= 11 is 5.79. The number of methoxy groups -OCH3 is 1. The Morgan fingerprint density at radius 2 is 1.81 bits per heavy atom. The van der Waals surface area contributed by atoms with E-state index in [2.05, 4.69) is 0 Å². The Balaban J connectivity index is 2.34. The fourth-order valence-electron chi connectivity index (χ4n) is 2.35. The number of benzene rings is 2. The van der Waals surface area contributed by atoms with Gasteiger partial charge in [-0.15, -0.1) is 0 Å². The number of amides is 1. The Hall–Kier alpha value is -3.13. The van der Waals surface area contributed by atoms with Crippen LogP contribution in [0.25, 0.3) is 0 Å². The summed E-state index contributed by atoms with van der Waals surface area (Å²) in [6, 6.07) is 8.41. The zero-order chi connectivity index (χ0) is 20.1. The SMILES string of the molecule is COc1cc(C(=O)N(C)CC(C)=O)ccc1Oc1ccc(Cl)cc1[N+](=O)[O-]. The lowest BCUT2D eigenvalue weighted by Gasteiger charge is -2.17. The molecule has 0 unspecified atom stereocenters. The summed E-state index contributed by atoms with van der Waals surface area (Å²) in [5.41, 5.74) is -0.0144. The molecule has 2 rings (SSSR count). The summed E-state index contributed by atoms with van der Waals surface area (Å²) < 4.78 is 10.8. The van der Waals surface area contributed by atoms with Gasteiger partial charge in [0.2, 0.25) is 5.75 Å². The second-order valence-corrected chi connectivity index (χ2v) is 6.14. The van der Waals surface area contributed by atoms with E-state index in [-0.39, 0.29) is 51.8 Å². The van der Waals surface area contributed by atoms with Gasteiger partial charge in [0.15, 0.2) is 11.5 Å². The van der Waals surface area contributed by atoms with Crippen molar-refractivity contribution in [3.8, 4) is 17.2 Å². The fraction of sp³-hybridized carbons (Fsp3) is 0.222. The van der Waals surface area contributed by atoms with E-state index in [0.717, 1.165) is 0 Å². The molecule has 0 aliphatic carbocycles. The first-order chi connectivity index (χ1) is 12.7. The minimum atomic E-state index is -0.609. The van der Waals surface area contributed by atoms with Gasteiger partial charge in [0.25, 0.3) is 5.91 Å². The molecule has 0 aromatic heterocycles. The molecule has 8 nitrogen and oxygen atoms in total. The van der Waals surface area contributed by atoms with Crippen molar-refractivity contribution in [1.29, 1.82) is 0 Å². The van der Waals surface area contributed by atoms with Crippen LogP contribution in [0.4, 0.5) is 5.69 Å². The first kappa shape index (κ1) is 20.2. The van der Waals surface area contributed by atoms with Gasteiger partial charge in [0, 0.05) is 23.7 Å². The Morgan fingerprint density at radius 1 is 1.15 bits per heavy atom. The van der Waals surface area contributed by atoms with Crippen molar-refractivity contribution in [3.05, 3.63) is 57.1 Å². The number of halogens is 1. The van der Waals surface area contributed by atoms with Gasteiger partial charge in [-0.25, -0.2) is 0 Å². The van der Waals surface area contributed by atoms with Gasteiger partial charge in [-0.3, -0.25) is 19.7 Å². The molecular formula is C18H17ClN2O6. The molecule has 0 radical (unpaired) electrons. The van der Waals surface area contributed by atoms with Gasteiger partial charge in [-0.1, -0.05) is 11.6 Å². The number of nitro groups is 1. The molecule has 0 N–H and O–H groups in total. The zero-order valence-corrected chi connectivity index (χ0v) is 15.6. The highest BCUT2D eigenvalue weighted by Gasteiger charge is 2.20. The Kier molecular flexibility index (Phi) is 6.36.